The van der Waals surface area contributed by atoms with E-state index in [9.17, 15) is 20.1 Å². The number of unbranched alkanes of at least 4 members (excludes halogenated alkanes) is 2. The van der Waals surface area contributed by atoms with E-state index < -0.39 is 17.3 Å². The number of fused-ring (bicyclic) bond motifs is 3. The highest BCUT2D eigenvalue weighted by Crippen LogP contribution is 2.50. The molecule has 1 aliphatic heterocycles. The Hall–Kier alpha value is -3.10. The lowest BCUT2D eigenvalue weighted by Crippen LogP contribution is -2.43. The predicted octanol–water partition coefficient (Wildman–Crippen LogP) is 7.83. The first-order chi connectivity index (χ1) is 27.1. The Morgan fingerprint density at radius 2 is 1.93 bits per heavy atom. The van der Waals surface area contributed by atoms with Crippen molar-refractivity contribution in [3.8, 4) is 23.0 Å². The van der Waals surface area contributed by atoms with Gasteiger partial charge in [0.05, 0.1) is 18.7 Å². The van der Waals surface area contributed by atoms with Crippen LogP contribution in [0.25, 0.3) is 0 Å². The van der Waals surface area contributed by atoms with E-state index in [1.165, 1.54) is 7.11 Å². The third-order valence-electron chi connectivity index (χ3n) is 12.0. The van der Waals surface area contributed by atoms with Crippen molar-refractivity contribution in [1.29, 1.82) is 0 Å². The van der Waals surface area contributed by atoms with Crippen molar-refractivity contribution in [3.05, 3.63) is 53.6 Å². The lowest BCUT2D eigenvalue weighted by atomic mass is 9.70. The Bertz CT molecular complexity index is 1660. The lowest BCUT2D eigenvalue weighted by Gasteiger charge is -2.34. The summed E-state index contributed by atoms with van der Waals surface area (Å²) in [6, 6.07) is 9.38. The zero-order valence-electron chi connectivity index (χ0n) is 33.9. The van der Waals surface area contributed by atoms with Gasteiger partial charge in [-0.25, -0.2) is 0 Å². The molecule has 13 heteroatoms. The van der Waals surface area contributed by atoms with Gasteiger partial charge in [-0.2, -0.15) is 0 Å². The van der Waals surface area contributed by atoms with Crippen LogP contribution in [0, 0.1) is 23.2 Å². The van der Waals surface area contributed by atoms with Gasteiger partial charge < -0.3 is 45.5 Å². The Kier molecular flexibility index (Phi) is 16.6. The van der Waals surface area contributed by atoms with Crippen molar-refractivity contribution in [3.63, 3.8) is 0 Å². The molecule has 2 fully saturated rings. The normalized spacial score (nSPS) is 27.9. The van der Waals surface area contributed by atoms with Crippen molar-refractivity contribution >= 4 is 39.0 Å². The minimum atomic E-state index is -0.825. The number of hydrogen-bond acceptors (Lipinski definition) is 11. The van der Waals surface area contributed by atoms with Crippen LogP contribution in [0.2, 0.25) is 0 Å². The molecule has 11 nitrogen and oxygen atoms in total. The molecule has 2 bridgehead atoms. The van der Waals surface area contributed by atoms with Gasteiger partial charge in [-0.1, -0.05) is 66.3 Å². The average molecular weight is 813 g/mol. The van der Waals surface area contributed by atoms with Crippen LogP contribution in [0.5, 0.6) is 23.0 Å². The number of phenolic OH excluding ortho intramolecular Hbond substituents is 2. The lowest BCUT2D eigenvalue weighted by molar-refractivity contribution is -0.125. The van der Waals surface area contributed by atoms with Crippen LogP contribution < -0.4 is 25.4 Å². The van der Waals surface area contributed by atoms with E-state index in [-0.39, 0.29) is 35.0 Å². The van der Waals surface area contributed by atoms with Crippen LogP contribution in [0.1, 0.15) is 88.7 Å². The number of anilines is 1. The minimum absolute atomic E-state index is 0.0152. The Balaban J connectivity index is 1.52. The number of likely N-dealkylation sites (N-methyl/N-ethyl adjacent to an activating group) is 1. The van der Waals surface area contributed by atoms with Gasteiger partial charge >= 0.3 is 0 Å². The summed E-state index contributed by atoms with van der Waals surface area (Å²) in [5, 5.41) is 42.4. The molecule has 6 atom stereocenters. The van der Waals surface area contributed by atoms with Crippen molar-refractivity contribution in [2.75, 3.05) is 51.8 Å². The Morgan fingerprint density at radius 1 is 1.09 bits per heavy atom. The van der Waals surface area contributed by atoms with Gasteiger partial charge in [-0.15, -0.1) is 0 Å². The van der Waals surface area contributed by atoms with E-state index in [0.717, 1.165) is 74.7 Å². The first-order valence-corrected chi connectivity index (χ1v) is 22.8. The quantitative estimate of drug-likeness (QED) is 0.0477. The maximum absolute atomic E-state index is 14.7. The second-order valence-corrected chi connectivity index (χ2v) is 18.4. The number of nitrogens with one attached hydrogen (secondary N) is 3. The van der Waals surface area contributed by atoms with Crippen molar-refractivity contribution < 1.29 is 34.3 Å². The molecule has 1 heterocycles. The molecule has 5 rings (SSSR count). The fourth-order valence-corrected chi connectivity index (χ4v) is 11.2. The number of benzene rings is 2. The van der Waals surface area contributed by atoms with Gasteiger partial charge in [0.25, 0.3) is 0 Å². The highest BCUT2D eigenvalue weighted by Gasteiger charge is 2.47. The molecule has 2 aromatic carbocycles. The van der Waals surface area contributed by atoms with E-state index in [0.29, 0.717) is 61.3 Å². The number of carbonyl (C=O) groups is 1. The fourth-order valence-electron chi connectivity index (χ4n) is 9.00. The zero-order chi connectivity index (χ0) is 40.1. The summed E-state index contributed by atoms with van der Waals surface area (Å²) < 4.78 is 17.5. The Labute approximate surface area is 341 Å². The molecule has 3 aliphatic rings. The number of hydrogen-bond donors (Lipinski definition) is 6. The minimum Gasteiger partial charge on any atom is -0.504 e. The SMILES string of the molecule is CCCCC[C@H]1/C=C\C(=O)[C@@]2(Cc3ccc(O)c(OC)c3)CCC[C@H]2CSSCNC(=NC)Nc2cc(cc(O[C@]3(CNC)CC[C@H](C[C@H](O)OC)C3)c2O)C1. The van der Waals surface area contributed by atoms with Crippen LogP contribution in [0.4, 0.5) is 5.69 Å². The number of methoxy groups -OCH3 is 2. The number of aliphatic imine (C=N–C) groups is 1. The first kappa shape index (κ1) is 44.0. The molecular weight excluding hydrogens is 749 g/mol. The van der Waals surface area contributed by atoms with Gasteiger partial charge in [-0.05, 0) is 118 Å². The highest BCUT2D eigenvalue weighted by molar-refractivity contribution is 8.76. The average Bonchev–Trinajstić information content (AvgIpc) is 3.78. The number of carbonyl (C=O) groups excluding carboxylic acids is 1. The van der Waals surface area contributed by atoms with E-state index in [4.69, 9.17) is 14.2 Å². The van der Waals surface area contributed by atoms with Crippen LogP contribution in [-0.4, -0.2) is 85.4 Å². The standard InChI is InChI=1S/C43H64N4O7S2/c1-6-7-8-10-29-13-15-38(49)43(25-30-12-14-35(48)36(21-30)52-4)17-9-11-33(43)26-55-56-28-46-41(45-3)47-34-20-32(19-29)22-37(40(34)51)54-42(27-44-2)18-16-31(24-42)23-39(50)53-5/h12-15,20-22,29,31,33,39,44,48,50-51H,6-11,16-19,23-28H2,1-5H3,(H2,45,46,47)/b15-13-/t29-,31+,33-,39+,42+,43+/m0/s1. The van der Waals surface area contributed by atoms with E-state index in [2.05, 4.69) is 33.9 Å². The highest BCUT2D eigenvalue weighted by atomic mass is 33.1. The smallest absolute Gasteiger partial charge is 0.196 e. The molecule has 0 radical (unpaired) electrons. The first-order valence-electron chi connectivity index (χ1n) is 20.3. The van der Waals surface area contributed by atoms with E-state index >= 15 is 0 Å². The maximum atomic E-state index is 14.7. The number of aromatic hydroxyl groups is 2. The van der Waals surface area contributed by atoms with E-state index in [1.807, 2.05) is 37.4 Å². The van der Waals surface area contributed by atoms with Crippen molar-refractivity contribution in [2.24, 2.45) is 28.2 Å². The molecule has 2 saturated carbocycles. The summed E-state index contributed by atoms with van der Waals surface area (Å²) in [4.78, 5) is 19.2. The summed E-state index contributed by atoms with van der Waals surface area (Å²) in [6.07, 6.45) is 14.2. The van der Waals surface area contributed by atoms with Gasteiger partial charge in [-0.3, -0.25) is 9.79 Å². The topological polar surface area (TPSA) is 154 Å². The summed E-state index contributed by atoms with van der Waals surface area (Å²) in [6.45, 7) is 2.79. The molecular formula is C43H64N4O7S2. The summed E-state index contributed by atoms with van der Waals surface area (Å²) in [5.41, 5.74) is 1.32. The van der Waals surface area contributed by atoms with Crippen LogP contribution >= 0.6 is 21.6 Å². The maximum Gasteiger partial charge on any atom is 0.196 e. The van der Waals surface area contributed by atoms with Gasteiger partial charge in [0.1, 0.15) is 5.60 Å². The third-order valence-corrected chi connectivity index (χ3v) is 14.2. The van der Waals surface area contributed by atoms with Crippen LogP contribution in [-0.2, 0) is 22.4 Å². The number of rotatable bonds is 14. The molecule has 0 aromatic heterocycles. The second kappa shape index (κ2) is 21.1. The number of phenols is 2. The molecule has 0 amide bonds. The molecule has 2 aromatic rings. The molecule has 0 spiro atoms. The second-order valence-electron chi connectivity index (χ2n) is 15.9. The van der Waals surface area contributed by atoms with E-state index in [1.54, 1.807) is 41.8 Å². The molecule has 6 N–H and O–H groups in total. The van der Waals surface area contributed by atoms with Crippen LogP contribution in [0.15, 0.2) is 47.5 Å². The number of nitrogens with zero attached hydrogens (tertiary/aromatic N) is 1. The largest absolute Gasteiger partial charge is 0.504 e. The summed E-state index contributed by atoms with van der Waals surface area (Å²) in [7, 11) is 10.1. The number of ether oxygens (including phenoxy) is 3. The fraction of sp³-hybridized carbons (Fsp3) is 0.628. The number of guanidine groups is 1. The number of ketones is 1. The molecule has 0 saturated heterocycles. The van der Waals surface area contributed by atoms with Crippen molar-refractivity contribution in [2.45, 2.75) is 102 Å². The molecule has 0 unspecified atom stereocenters. The van der Waals surface area contributed by atoms with Crippen molar-refractivity contribution in [1.82, 2.24) is 10.6 Å². The summed E-state index contributed by atoms with van der Waals surface area (Å²) >= 11 is 0. The Morgan fingerprint density at radius 3 is 2.68 bits per heavy atom. The molecule has 56 heavy (non-hydrogen) atoms. The third kappa shape index (κ3) is 11.3. The number of aliphatic hydroxyl groups excluding tert-OH is 1. The zero-order valence-corrected chi connectivity index (χ0v) is 35.5. The molecule has 2 aliphatic carbocycles. The van der Waals surface area contributed by atoms with Gasteiger partial charge in [0.2, 0.25) is 0 Å². The monoisotopic (exact) mass is 812 g/mol. The predicted molar refractivity (Wildman–Crippen MR) is 229 cm³/mol. The van der Waals surface area contributed by atoms with Gasteiger partial charge in [0.15, 0.2) is 41.0 Å². The number of allylic oxidation sites excluding steroid dienone is 2. The van der Waals surface area contributed by atoms with Gasteiger partial charge in [0, 0.05) is 38.3 Å². The number of aliphatic hydroxyl groups is 1. The molecule has 310 valence electrons. The summed E-state index contributed by atoms with van der Waals surface area (Å²) in [5.74, 6) is 3.50. The van der Waals surface area contributed by atoms with Crippen LogP contribution in [0.3, 0.4) is 0 Å².